The monoisotopic (exact) mass is 299 g/mol. The Morgan fingerprint density at radius 1 is 1.33 bits per heavy atom. The second-order valence-corrected chi connectivity index (χ2v) is 5.84. The zero-order valence-electron chi connectivity index (χ0n) is 13.5. The lowest BCUT2D eigenvalue weighted by Gasteiger charge is -2.33. The molecule has 1 rings (SSSR count). The van der Waals surface area contributed by atoms with Crippen LogP contribution in [0.2, 0.25) is 0 Å². The first-order valence-electron chi connectivity index (χ1n) is 7.98. The van der Waals surface area contributed by atoms with E-state index >= 15 is 0 Å². The average Bonchev–Trinajstić information content (AvgIpc) is 2.46. The molecule has 1 unspecified atom stereocenters. The molecule has 1 saturated heterocycles. The Morgan fingerprint density at radius 2 is 1.95 bits per heavy atom. The summed E-state index contributed by atoms with van der Waals surface area (Å²) in [6, 6.07) is 0.0688. The molecule has 122 valence electrons. The summed E-state index contributed by atoms with van der Waals surface area (Å²) in [6.45, 7) is 9.63. The molecule has 0 spiro atoms. The number of hydrogen-bond acceptors (Lipinski definition) is 3. The maximum atomic E-state index is 12.2. The third-order valence-corrected chi connectivity index (χ3v) is 4.04. The Kier molecular flexibility index (Phi) is 7.50. The molecule has 1 heterocycles. The molecular formula is C15H29N3O3. The largest absolute Gasteiger partial charge is 0.481 e. The van der Waals surface area contributed by atoms with Crippen molar-refractivity contribution in [3.05, 3.63) is 0 Å². The number of amides is 2. The molecule has 6 heteroatoms. The highest BCUT2D eigenvalue weighted by Crippen LogP contribution is 2.11. The molecule has 0 radical (unpaired) electrons. The smallest absolute Gasteiger partial charge is 0.317 e. The summed E-state index contributed by atoms with van der Waals surface area (Å²) in [4.78, 5) is 27.1. The Hall–Kier alpha value is -1.30. The predicted molar refractivity (Wildman–Crippen MR) is 82.3 cm³/mol. The van der Waals surface area contributed by atoms with Crippen LogP contribution >= 0.6 is 0 Å². The fourth-order valence-electron chi connectivity index (χ4n) is 2.65. The van der Waals surface area contributed by atoms with Crippen LogP contribution in [0, 0.1) is 5.92 Å². The van der Waals surface area contributed by atoms with Crippen LogP contribution in [-0.2, 0) is 4.79 Å². The van der Waals surface area contributed by atoms with E-state index in [4.69, 9.17) is 5.11 Å². The van der Waals surface area contributed by atoms with Crippen molar-refractivity contribution >= 4 is 12.0 Å². The molecular weight excluding hydrogens is 270 g/mol. The van der Waals surface area contributed by atoms with Crippen LogP contribution in [-0.4, -0.2) is 65.7 Å². The van der Waals surface area contributed by atoms with Crippen LogP contribution in [0.15, 0.2) is 0 Å². The van der Waals surface area contributed by atoms with E-state index in [9.17, 15) is 9.59 Å². The minimum Gasteiger partial charge on any atom is -0.481 e. The summed E-state index contributed by atoms with van der Waals surface area (Å²) in [5, 5.41) is 12.0. The highest BCUT2D eigenvalue weighted by molar-refractivity contribution is 5.76. The van der Waals surface area contributed by atoms with Gasteiger partial charge in [-0.15, -0.1) is 0 Å². The molecule has 1 aliphatic rings. The first-order valence-corrected chi connectivity index (χ1v) is 7.98. The number of nitrogens with zero attached hydrogens (tertiary/aromatic N) is 2. The van der Waals surface area contributed by atoms with E-state index in [-0.39, 0.29) is 18.6 Å². The minimum atomic E-state index is -0.867. The number of carboxylic acids is 1. The molecule has 2 amide bonds. The second-order valence-electron chi connectivity index (χ2n) is 5.84. The number of aliphatic carboxylic acids is 1. The molecule has 6 nitrogen and oxygen atoms in total. The number of nitrogens with one attached hydrogen (secondary N) is 1. The van der Waals surface area contributed by atoms with Crippen molar-refractivity contribution in [2.75, 3.05) is 32.7 Å². The van der Waals surface area contributed by atoms with Crippen molar-refractivity contribution in [1.29, 1.82) is 0 Å². The van der Waals surface area contributed by atoms with Gasteiger partial charge >= 0.3 is 12.0 Å². The Labute approximate surface area is 127 Å². The lowest BCUT2D eigenvalue weighted by Crippen LogP contribution is -2.50. The Balaban J connectivity index is 2.39. The van der Waals surface area contributed by atoms with E-state index in [0.29, 0.717) is 6.54 Å². The second kappa shape index (κ2) is 8.87. The van der Waals surface area contributed by atoms with E-state index in [0.717, 1.165) is 38.9 Å². The predicted octanol–water partition coefficient (Wildman–Crippen LogP) is 1.61. The van der Waals surface area contributed by atoms with Crippen molar-refractivity contribution < 1.29 is 14.7 Å². The van der Waals surface area contributed by atoms with Gasteiger partial charge in [0.1, 0.15) is 0 Å². The number of rotatable bonds is 7. The van der Waals surface area contributed by atoms with E-state index < -0.39 is 11.9 Å². The van der Waals surface area contributed by atoms with E-state index in [1.165, 1.54) is 0 Å². The number of carbonyl (C=O) groups is 2. The van der Waals surface area contributed by atoms with Gasteiger partial charge < -0.3 is 20.2 Å². The summed E-state index contributed by atoms with van der Waals surface area (Å²) in [7, 11) is 0. The van der Waals surface area contributed by atoms with Gasteiger partial charge in [-0.3, -0.25) is 4.79 Å². The molecule has 1 fully saturated rings. The van der Waals surface area contributed by atoms with Gasteiger partial charge in [0, 0.05) is 32.2 Å². The van der Waals surface area contributed by atoms with Crippen LogP contribution in [0.1, 0.15) is 40.0 Å². The van der Waals surface area contributed by atoms with Crippen LogP contribution in [0.5, 0.6) is 0 Å². The van der Waals surface area contributed by atoms with Gasteiger partial charge in [-0.1, -0.05) is 13.8 Å². The maximum absolute atomic E-state index is 12.2. The number of carboxylic acid groups (broad SMARTS) is 1. The fraction of sp³-hybridized carbons (Fsp3) is 0.867. The first kappa shape index (κ1) is 17.8. The van der Waals surface area contributed by atoms with Crippen LogP contribution < -0.4 is 5.32 Å². The number of hydrogen-bond donors (Lipinski definition) is 2. The van der Waals surface area contributed by atoms with Crippen molar-refractivity contribution in [3.63, 3.8) is 0 Å². The van der Waals surface area contributed by atoms with Gasteiger partial charge in [-0.25, -0.2) is 4.79 Å². The topological polar surface area (TPSA) is 72.9 Å². The summed E-state index contributed by atoms with van der Waals surface area (Å²) in [5.74, 6) is -1.41. The number of urea groups is 1. The molecule has 0 aromatic rings. The summed E-state index contributed by atoms with van der Waals surface area (Å²) in [5.41, 5.74) is 0. The van der Waals surface area contributed by atoms with Crippen LogP contribution in [0.25, 0.3) is 0 Å². The van der Waals surface area contributed by atoms with Gasteiger partial charge in [0.2, 0.25) is 0 Å². The number of piperidine rings is 1. The Bertz CT molecular complexity index is 341. The zero-order valence-corrected chi connectivity index (χ0v) is 13.5. The van der Waals surface area contributed by atoms with Gasteiger partial charge in [0.25, 0.3) is 0 Å². The summed E-state index contributed by atoms with van der Waals surface area (Å²) in [6.07, 6.45) is 3.10. The van der Waals surface area contributed by atoms with Crippen molar-refractivity contribution in [3.8, 4) is 0 Å². The average molecular weight is 299 g/mol. The summed E-state index contributed by atoms with van der Waals surface area (Å²) < 4.78 is 0. The molecule has 0 aromatic heterocycles. The minimum absolute atomic E-state index is 0.139. The van der Waals surface area contributed by atoms with Crippen molar-refractivity contribution in [1.82, 2.24) is 15.1 Å². The van der Waals surface area contributed by atoms with E-state index in [1.807, 2.05) is 6.92 Å². The standard InChI is InChI=1S/C15H29N3O3/c1-4-8-17-9-6-13(7-10-17)16-15(21)18(5-2)11-12(3)14(19)20/h12-13H,4-11H2,1-3H3,(H,16,21)(H,19,20). The van der Waals surface area contributed by atoms with E-state index in [2.05, 4.69) is 17.1 Å². The Morgan fingerprint density at radius 3 is 2.43 bits per heavy atom. The molecule has 1 atom stereocenters. The zero-order chi connectivity index (χ0) is 15.8. The number of likely N-dealkylation sites (tertiary alicyclic amines) is 1. The van der Waals surface area contributed by atoms with Crippen LogP contribution in [0.4, 0.5) is 4.79 Å². The van der Waals surface area contributed by atoms with Gasteiger partial charge in [0.05, 0.1) is 5.92 Å². The third-order valence-electron chi connectivity index (χ3n) is 4.04. The molecule has 0 aliphatic carbocycles. The lowest BCUT2D eigenvalue weighted by molar-refractivity contribution is -0.141. The highest BCUT2D eigenvalue weighted by Gasteiger charge is 2.24. The molecule has 1 aliphatic heterocycles. The van der Waals surface area contributed by atoms with Crippen molar-refractivity contribution in [2.24, 2.45) is 5.92 Å². The first-order chi connectivity index (χ1) is 9.97. The van der Waals surface area contributed by atoms with Crippen molar-refractivity contribution in [2.45, 2.75) is 46.1 Å². The molecule has 0 saturated carbocycles. The quantitative estimate of drug-likeness (QED) is 0.749. The molecule has 2 N–H and O–H groups in total. The van der Waals surface area contributed by atoms with Crippen LogP contribution in [0.3, 0.4) is 0 Å². The third kappa shape index (κ3) is 5.91. The van der Waals surface area contributed by atoms with Gasteiger partial charge in [-0.2, -0.15) is 0 Å². The fourth-order valence-corrected chi connectivity index (χ4v) is 2.65. The molecule has 0 aromatic carbocycles. The maximum Gasteiger partial charge on any atom is 0.317 e. The summed E-state index contributed by atoms with van der Waals surface area (Å²) >= 11 is 0. The normalized spacial score (nSPS) is 18.2. The molecule has 0 bridgehead atoms. The number of carbonyl (C=O) groups excluding carboxylic acids is 1. The van der Waals surface area contributed by atoms with Gasteiger partial charge in [0.15, 0.2) is 0 Å². The lowest BCUT2D eigenvalue weighted by atomic mass is 10.1. The van der Waals surface area contributed by atoms with Gasteiger partial charge in [-0.05, 0) is 32.7 Å². The highest BCUT2D eigenvalue weighted by atomic mass is 16.4. The molecule has 21 heavy (non-hydrogen) atoms. The van der Waals surface area contributed by atoms with E-state index in [1.54, 1.807) is 11.8 Å². The SMILES string of the molecule is CCCN1CCC(NC(=O)N(CC)CC(C)C(=O)O)CC1.